The lowest BCUT2D eigenvalue weighted by Gasteiger charge is -2.23. The van der Waals surface area contributed by atoms with E-state index in [1.165, 1.54) is 4.90 Å². The molecule has 0 fully saturated rings. The Balaban J connectivity index is 2.60. The van der Waals surface area contributed by atoms with E-state index in [0.29, 0.717) is 5.69 Å². The Labute approximate surface area is 103 Å². The van der Waals surface area contributed by atoms with E-state index in [2.05, 4.69) is 0 Å². The minimum Gasteiger partial charge on any atom is -0.480 e. The van der Waals surface area contributed by atoms with Gasteiger partial charge in [0, 0.05) is 18.7 Å². The zero-order chi connectivity index (χ0) is 13.6. The van der Waals surface area contributed by atoms with Crippen LogP contribution in [0.5, 0.6) is 0 Å². The van der Waals surface area contributed by atoms with Crippen LogP contribution in [0.3, 0.4) is 0 Å². The van der Waals surface area contributed by atoms with Crippen LogP contribution in [0.25, 0.3) is 0 Å². The van der Waals surface area contributed by atoms with E-state index < -0.39 is 18.6 Å². The summed E-state index contributed by atoms with van der Waals surface area (Å²) in [7, 11) is 0. The number of benzene rings is 1. The fourth-order valence-electron chi connectivity index (χ4n) is 1.57. The Hall–Kier alpha value is -1.72. The minimum atomic E-state index is -4.20. The van der Waals surface area contributed by atoms with E-state index in [4.69, 9.17) is 5.11 Å². The van der Waals surface area contributed by atoms with Crippen molar-refractivity contribution in [2.75, 3.05) is 18.0 Å². The van der Waals surface area contributed by atoms with Crippen molar-refractivity contribution in [3.8, 4) is 0 Å². The van der Waals surface area contributed by atoms with E-state index in [9.17, 15) is 18.0 Å². The van der Waals surface area contributed by atoms with Crippen LogP contribution < -0.4 is 4.90 Å². The van der Waals surface area contributed by atoms with Gasteiger partial charge in [-0.05, 0) is 18.6 Å². The van der Waals surface area contributed by atoms with Crippen LogP contribution in [0.15, 0.2) is 30.3 Å². The zero-order valence-corrected chi connectivity index (χ0v) is 9.65. The Bertz CT molecular complexity index is 379. The SMILES string of the molecule is O=C(O)CN(CCCC(F)(F)F)c1ccccc1. The van der Waals surface area contributed by atoms with Gasteiger partial charge in [-0.15, -0.1) is 0 Å². The Morgan fingerprint density at radius 2 is 1.83 bits per heavy atom. The van der Waals surface area contributed by atoms with Crippen LogP contribution in [0.2, 0.25) is 0 Å². The molecule has 0 unspecified atom stereocenters. The van der Waals surface area contributed by atoms with Crippen molar-refractivity contribution in [2.45, 2.75) is 19.0 Å². The number of alkyl halides is 3. The summed E-state index contributed by atoms with van der Waals surface area (Å²) in [6.45, 7) is -0.238. The van der Waals surface area contributed by atoms with Crippen LogP contribution in [-0.2, 0) is 4.79 Å². The molecule has 100 valence electrons. The molecule has 1 aromatic carbocycles. The molecule has 0 heterocycles. The Morgan fingerprint density at radius 3 is 2.33 bits per heavy atom. The molecular formula is C12H14F3NO2. The smallest absolute Gasteiger partial charge is 0.389 e. The molecule has 1 N–H and O–H groups in total. The maximum Gasteiger partial charge on any atom is 0.389 e. The highest BCUT2D eigenvalue weighted by molar-refractivity contribution is 5.73. The molecule has 6 heteroatoms. The van der Waals surface area contributed by atoms with Crippen LogP contribution in [-0.4, -0.2) is 30.3 Å². The summed E-state index contributed by atoms with van der Waals surface area (Å²) < 4.78 is 36.1. The number of anilines is 1. The number of carboxylic acid groups (broad SMARTS) is 1. The molecule has 1 aromatic rings. The predicted octanol–water partition coefficient (Wildman–Crippen LogP) is 2.92. The molecule has 0 aliphatic rings. The van der Waals surface area contributed by atoms with Gasteiger partial charge in [0.15, 0.2) is 0 Å². The highest BCUT2D eigenvalue weighted by Crippen LogP contribution is 2.22. The van der Waals surface area contributed by atoms with E-state index >= 15 is 0 Å². The molecule has 0 aromatic heterocycles. The van der Waals surface area contributed by atoms with Crippen LogP contribution >= 0.6 is 0 Å². The molecule has 0 aliphatic heterocycles. The molecule has 0 aliphatic carbocycles. The van der Waals surface area contributed by atoms with Crippen molar-refractivity contribution in [1.82, 2.24) is 0 Å². The number of hydrogen-bond donors (Lipinski definition) is 1. The van der Waals surface area contributed by atoms with Gasteiger partial charge in [0.05, 0.1) is 0 Å². The quantitative estimate of drug-likeness (QED) is 0.856. The maximum absolute atomic E-state index is 12.0. The average Bonchev–Trinajstić information content (AvgIpc) is 2.27. The maximum atomic E-state index is 12.0. The Kier molecular flexibility index (Phi) is 5.00. The van der Waals surface area contributed by atoms with E-state index in [0.717, 1.165) is 0 Å². The molecule has 0 saturated carbocycles. The van der Waals surface area contributed by atoms with Crippen molar-refractivity contribution in [3.05, 3.63) is 30.3 Å². The highest BCUT2D eigenvalue weighted by Gasteiger charge is 2.26. The summed E-state index contributed by atoms with van der Waals surface area (Å²) in [6, 6.07) is 8.55. The molecule has 18 heavy (non-hydrogen) atoms. The number of carbonyl (C=O) groups is 1. The topological polar surface area (TPSA) is 40.5 Å². The third kappa shape index (κ3) is 5.56. The van der Waals surface area contributed by atoms with Crippen molar-refractivity contribution in [3.63, 3.8) is 0 Å². The summed E-state index contributed by atoms with van der Waals surface area (Å²) in [6.07, 6.45) is -5.23. The van der Waals surface area contributed by atoms with Crippen molar-refractivity contribution < 1.29 is 23.1 Å². The molecular weight excluding hydrogens is 247 g/mol. The fourth-order valence-corrected chi connectivity index (χ4v) is 1.57. The lowest BCUT2D eigenvalue weighted by molar-refractivity contribution is -0.135. The number of carboxylic acids is 1. The van der Waals surface area contributed by atoms with Gasteiger partial charge in [0.1, 0.15) is 6.54 Å². The summed E-state index contributed by atoms with van der Waals surface area (Å²) >= 11 is 0. The van der Waals surface area contributed by atoms with E-state index in [1.807, 2.05) is 0 Å². The largest absolute Gasteiger partial charge is 0.480 e. The van der Waals surface area contributed by atoms with Crippen LogP contribution in [0.1, 0.15) is 12.8 Å². The highest BCUT2D eigenvalue weighted by atomic mass is 19.4. The second kappa shape index (κ2) is 6.28. The molecule has 1 rings (SSSR count). The lowest BCUT2D eigenvalue weighted by Crippen LogP contribution is -2.31. The summed E-state index contributed by atoms with van der Waals surface area (Å²) in [5.41, 5.74) is 0.613. The van der Waals surface area contributed by atoms with Gasteiger partial charge in [-0.1, -0.05) is 18.2 Å². The van der Waals surface area contributed by atoms with Gasteiger partial charge < -0.3 is 10.0 Å². The minimum absolute atomic E-state index is 0.0653. The first-order valence-corrected chi connectivity index (χ1v) is 5.47. The molecule has 0 spiro atoms. The molecule has 0 saturated heterocycles. The fraction of sp³-hybridized carbons (Fsp3) is 0.417. The summed E-state index contributed by atoms with van der Waals surface area (Å²) in [4.78, 5) is 12.1. The first-order chi connectivity index (χ1) is 8.38. The number of halogens is 3. The second-order valence-corrected chi connectivity index (χ2v) is 3.87. The third-order valence-corrected chi connectivity index (χ3v) is 2.34. The average molecular weight is 261 g/mol. The van der Waals surface area contributed by atoms with Gasteiger partial charge in [-0.2, -0.15) is 13.2 Å². The second-order valence-electron chi connectivity index (χ2n) is 3.87. The lowest BCUT2D eigenvalue weighted by atomic mass is 10.2. The molecule has 3 nitrogen and oxygen atoms in total. The van der Waals surface area contributed by atoms with Gasteiger partial charge in [-0.3, -0.25) is 4.79 Å². The Morgan fingerprint density at radius 1 is 1.22 bits per heavy atom. The van der Waals surface area contributed by atoms with Crippen molar-refractivity contribution >= 4 is 11.7 Å². The van der Waals surface area contributed by atoms with Crippen LogP contribution in [0, 0.1) is 0 Å². The summed E-state index contributed by atoms with van der Waals surface area (Å²) in [5, 5.41) is 8.74. The first-order valence-electron chi connectivity index (χ1n) is 5.47. The van der Waals surface area contributed by atoms with E-state index in [1.54, 1.807) is 30.3 Å². The number of aliphatic carboxylic acids is 1. The molecule has 0 amide bonds. The molecule has 0 atom stereocenters. The van der Waals surface area contributed by atoms with Crippen molar-refractivity contribution in [1.29, 1.82) is 0 Å². The van der Waals surface area contributed by atoms with E-state index in [-0.39, 0.29) is 19.5 Å². The van der Waals surface area contributed by atoms with Gasteiger partial charge in [0.2, 0.25) is 0 Å². The number of nitrogens with zero attached hydrogens (tertiary/aromatic N) is 1. The molecule has 0 radical (unpaired) electrons. The predicted molar refractivity (Wildman–Crippen MR) is 61.6 cm³/mol. The van der Waals surface area contributed by atoms with Gasteiger partial charge in [0.25, 0.3) is 0 Å². The van der Waals surface area contributed by atoms with Gasteiger partial charge >= 0.3 is 12.1 Å². The third-order valence-electron chi connectivity index (χ3n) is 2.34. The number of hydrogen-bond acceptors (Lipinski definition) is 2. The first kappa shape index (κ1) is 14.3. The monoisotopic (exact) mass is 261 g/mol. The zero-order valence-electron chi connectivity index (χ0n) is 9.65. The number of rotatable bonds is 6. The standard InChI is InChI=1S/C12H14F3NO2/c13-12(14,15)7-4-8-16(9-11(17)18)10-5-2-1-3-6-10/h1-3,5-6H,4,7-9H2,(H,17,18). The number of para-hydroxylation sites is 1. The van der Waals surface area contributed by atoms with Gasteiger partial charge in [-0.25, -0.2) is 0 Å². The normalized spacial score (nSPS) is 11.3. The summed E-state index contributed by atoms with van der Waals surface area (Å²) in [5.74, 6) is -1.06. The molecule has 0 bridgehead atoms. The van der Waals surface area contributed by atoms with Crippen molar-refractivity contribution in [2.24, 2.45) is 0 Å². The van der Waals surface area contributed by atoms with Crippen LogP contribution in [0.4, 0.5) is 18.9 Å².